The van der Waals surface area contributed by atoms with Crippen molar-refractivity contribution in [2.24, 2.45) is 0 Å². The van der Waals surface area contributed by atoms with Gasteiger partial charge in [-0.1, -0.05) is 28.4 Å². The zero-order valence-corrected chi connectivity index (χ0v) is 15.6. The predicted molar refractivity (Wildman–Crippen MR) is 101 cm³/mol. The van der Waals surface area contributed by atoms with Gasteiger partial charge in [-0.3, -0.25) is 4.90 Å². The van der Waals surface area contributed by atoms with Crippen LogP contribution in [0.5, 0.6) is 0 Å². The highest BCUT2D eigenvalue weighted by Crippen LogP contribution is 2.24. The number of nitrogens with zero attached hydrogens (tertiary/aromatic N) is 5. The molecule has 0 saturated carbocycles. The molecule has 0 unspecified atom stereocenters. The Morgan fingerprint density at radius 1 is 1.15 bits per heavy atom. The van der Waals surface area contributed by atoms with Crippen LogP contribution < -0.4 is 10.2 Å². The molecule has 27 heavy (non-hydrogen) atoms. The van der Waals surface area contributed by atoms with Crippen LogP contribution in [-0.2, 0) is 4.74 Å². The third kappa shape index (κ3) is 3.96. The molecule has 4 rings (SSSR count). The Labute approximate surface area is 164 Å². The maximum absolute atomic E-state index is 6.11. The van der Waals surface area contributed by atoms with Crippen LogP contribution in [0.2, 0.25) is 10.2 Å². The molecule has 2 aromatic heterocycles. The summed E-state index contributed by atoms with van der Waals surface area (Å²) < 4.78 is 10.5. The van der Waals surface area contributed by atoms with Gasteiger partial charge in [0.15, 0.2) is 6.73 Å². The van der Waals surface area contributed by atoms with E-state index in [-0.39, 0.29) is 6.04 Å². The van der Waals surface area contributed by atoms with Crippen LogP contribution >= 0.6 is 23.2 Å². The van der Waals surface area contributed by atoms with Crippen LogP contribution in [0.3, 0.4) is 0 Å². The molecule has 3 heterocycles. The minimum Gasteiger partial charge on any atom is -0.479 e. The van der Waals surface area contributed by atoms with Crippen LogP contribution in [0.25, 0.3) is 11.4 Å². The molecule has 1 atom stereocenters. The molecule has 10 heteroatoms. The predicted octanol–water partition coefficient (Wildman–Crippen LogP) is 4.27. The van der Waals surface area contributed by atoms with Gasteiger partial charge in [0.05, 0.1) is 0 Å². The molecule has 138 valence electrons. The van der Waals surface area contributed by atoms with Gasteiger partial charge in [-0.2, -0.15) is 9.97 Å². The number of aromatic nitrogens is 4. The van der Waals surface area contributed by atoms with E-state index in [4.69, 9.17) is 32.5 Å². The number of rotatable bonds is 5. The molecule has 1 aliphatic rings. The van der Waals surface area contributed by atoms with Gasteiger partial charge in [0.25, 0.3) is 0 Å². The maximum atomic E-state index is 6.11. The number of ether oxygens (including phenoxy) is 1. The average Bonchev–Trinajstić information content (AvgIpc) is 3.34. The summed E-state index contributed by atoms with van der Waals surface area (Å²) in [6, 6.07) is 8.52. The Morgan fingerprint density at radius 2 is 1.96 bits per heavy atom. The van der Waals surface area contributed by atoms with Gasteiger partial charge in [0.2, 0.25) is 17.7 Å². The molecule has 0 spiro atoms. The zero-order valence-electron chi connectivity index (χ0n) is 14.1. The van der Waals surface area contributed by atoms with E-state index in [0.29, 0.717) is 40.4 Å². The maximum Gasteiger partial charge on any atom is 0.249 e. The van der Waals surface area contributed by atoms with Crippen LogP contribution in [0.1, 0.15) is 18.9 Å². The van der Waals surface area contributed by atoms with E-state index in [1.807, 2.05) is 19.1 Å². The van der Waals surface area contributed by atoms with E-state index in [9.17, 15) is 0 Å². The number of hydrogen-bond donors (Lipinski definition) is 1. The summed E-state index contributed by atoms with van der Waals surface area (Å²) in [5.41, 5.74) is 0.809. The van der Waals surface area contributed by atoms with Gasteiger partial charge in [-0.05, 0) is 31.2 Å². The smallest absolute Gasteiger partial charge is 0.249 e. The van der Waals surface area contributed by atoms with E-state index in [0.717, 1.165) is 5.56 Å². The first-order valence-electron chi connectivity index (χ1n) is 8.04. The second kappa shape index (κ2) is 7.42. The fraction of sp³-hybridized carbons (Fsp3) is 0.176. The Balaban J connectivity index is 1.51. The summed E-state index contributed by atoms with van der Waals surface area (Å²) in [4.78, 5) is 14.8. The first kappa shape index (κ1) is 17.6. The summed E-state index contributed by atoms with van der Waals surface area (Å²) >= 11 is 12.0. The molecule has 3 aromatic rings. The quantitative estimate of drug-likeness (QED) is 0.630. The summed E-state index contributed by atoms with van der Waals surface area (Å²) in [7, 11) is 0. The second-order valence-corrected chi connectivity index (χ2v) is 6.58. The van der Waals surface area contributed by atoms with E-state index in [1.165, 1.54) is 0 Å². The van der Waals surface area contributed by atoms with Crippen molar-refractivity contribution in [3.8, 4) is 11.4 Å². The number of anilines is 2. The van der Waals surface area contributed by atoms with E-state index in [1.54, 1.807) is 35.6 Å². The standard InChI is InChI=1S/C17H14Cl2N6O2/c1-10(16-23-15(24-27-16)11-2-4-12(18)5-3-11)20-17-21-13(19)8-14(22-17)25-6-7-26-9-25/h2-8,10H,9H2,1H3,(H,20,21,22)/t10-/m0/s1. The minimum absolute atomic E-state index is 0.308. The number of benzene rings is 1. The fourth-order valence-corrected chi connectivity index (χ4v) is 2.73. The molecular formula is C17H14Cl2N6O2. The van der Waals surface area contributed by atoms with Crippen molar-refractivity contribution in [2.75, 3.05) is 16.9 Å². The molecule has 0 aliphatic carbocycles. The molecular weight excluding hydrogens is 391 g/mol. The monoisotopic (exact) mass is 404 g/mol. The fourth-order valence-electron chi connectivity index (χ4n) is 2.43. The lowest BCUT2D eigenvalue weighted by Gasteiger charge is -2.15. The molecule has 1 N–H and O–H groups in total. The Morgan fingerprint density at radius 3 is 2.70 bits per heavy atom. The first-order chi connectivity index (χ1) is 13.1. The highest BCUT2D eigenvalue weighted by atomic mass is 35.5. The number of hydrogen-bond acceptors (Lipinski definition) is 8. The summed E-state index contributed by atoms with van der Waals surface area (Å²) in [5.74, 6) is 1.83. The molecule has 0 amide bonds. The molecule has 0 bridgehead atoms. The lowest BCUT2D eigenvalue weighted by atomic mass is 10.2. The minimum atomic E-state index is -0.324. The van der Waals surface area contributed by atoms with Gasteiger partial charge in [0.1, 0.15) is 23.3 Å². The van der Waals surface area contributed by atoms with Crippen molar-refractivity contribution in [3.05, 3.63) is 58.9 Å². The largest absolute Gasteiger partial charge is 0.479 e. The molecule has 1 aliphatic heterocycles. The van der Waals surface area contributed by atoms with Crippen molar-refractivity contribution in [1.29, 1.82) is 0 Å². The van der Waals surface area contributed by atoms with E-state index < -0.39 is 0 Å². The van der Waals surface area contributed by atoms with E-state index >= 15 is 0 Å². The van der Waals surface area contributed by atoms with Crippen molar-refractivity contribution in [1.82, 2.24) is 20.1 Å². The first-order valence-corrected chi connectivity index (χ1v) is 8.80. The van der Waals surface area contributed by atoms with Crippen LogP contribution in [0.4, 0.5) is 11.8 Å². The van der Waals surface area contributed by atoms with Crippen LogP contribution in [0.15, 0.2) is 47.3 Å². The second-order valence-electron chi connectivity index (χ2n) is 5.75. The van der Waals surface area contributed by atoms with Gasteiger partial charge >= 0.3 is 0 Å². The van der Waals surface area contributed by atoms with Crippen molar-refractivity contribution >= 4 is 35.0 Å². The highest BCUT2D eigenvalue weighted by Gasteiger charge is 2.18. The number of nitrogens with one attached hydrogen (secondary N) is 1. The topological polar surface area (TPSA) is 89.2 Å². The third-order valence-corrected chi connectivity index (χ3v) is 4.23. The number of halogens is 2. The van der Waals surface area contributed by atoms with Gasteiger partial charge in [-0.25, -0.2) is 4.98 Å². The van der Waals surface area contributed by atoms with Gasteiger partial charge in [-0.15, -0.1) is 0 Å². The van der Waals surface area contributed by atoms with Crippen molar-refractivity contribution < 1.29 is 9.26 Å². The zero-order chi connectivity index (χ0) is 18.8. The molecule has 0 fully saturated rings. The van der Waals surface area contributed by atoms with E-state index in [2.05, 4.69) is 25.4 Å². The van der Waals surface area contributed by atoms with Crippen LogP contribution in [-0.4, -0.2) is 26.8 Å². The molecule has 1 aromatic carbocycles. The van der Waals surface area contributed by atoms with Crippen LogP contribution in [0, 0.1) is 0 Å². The molecule has 0 saturated heterocycles. The van der Waals surface area contributed by atoms with Gasteiger partial charge in [0, 0.05) is 22.9 Å². The van der Waals surface area contributed by atoms with Gasteiger partial charge < -0.3 is 14.6 Å². The lowest BCUT2D eigenvalue weighted by molar-refractivity contribution is 0.281. The summed E-state index contributed by atoms with van der Waals surface area (Å²) in [6.45, 7) is 2.23. The Hall–Kier alpha value is -2.84. The summed E-state index contributed by atoms with van der Waals surface area (Å²) in [6.07, 6.45) is 3.35. The highest BCUT2D eigenvalue weighted by molar-refractivity contribution is 6.30. The Bertz CT molecular complexity index is 976. The average molecular weight is 405 g/mol. The normalized spacial score (nSPS) is 14.3. The van der Waals surface area contributed by atoms with Crippen molar-refractivity contribution in [3.63, 3.8) is 0 Å². The third-order valence-electron chi connectivity index (χ3n) is 3.79. The van der Waals surface area contributed by atoms with Crippen molar-refractivity contribution in [2.45, 2.75) is 13.0 Å². The molecule has 0 radical (unpaired) electrons. The molecule has 8 nitrogen and oxygen atoms in total. The lowest BCUT2D eigenvalue weighted by Crippen LogP contribution is -2.17. The SMILES string of the molecule is C[C@H](Nc1nc(Cl)cc(N2C=COC2)n1)c1nc(-c2ccc(Cl)cc2)no1. The Kier molecular flexibility index (Phi) is 4.83. The summed E-state index contributed by atoms with van der Waals surface area (Å²) in [5, 5.41) is 8.08.